The van der Waals surface area contributed by atoms with Gasteiger partial charge in [-0.1, -0.05) is 18.2 Å². The molecule has 0 saturated carbocycles. The number of rotatable bonds is 3. The van der Waals surface area contributed by atoms with Crippen LogP contribution >= 0.6 is 0 Å². The number of hydrogen-bond acceptors (Lipinski definition) is 6. The quantitative estimate of drug-likeness (QED) is 0.868. The normalized spacial score (nSPS) is 24.8. The monoisotopic (exact) mass is 385 g/mol. The van der Waals surface area contributed by atoms with Crippen LogP contribution in [-0.2, 0) is 28.3 Å². The third-order valence-electron chi connectivity index (χ3n) is 6.09. The fourth-order valence-electron chi connectivity index (χ4n) is 4.41. The van der Waals surface area contributed by atoms with Gasteiger partial charge in [0.15, 0.2) is 9.84 Å². The first-order chi connectivity index (χ1) is 12.8. The minimum atomic E-state index is -3.13. The molecule has 7 heteroatoms. The number of aryl methyl sites for hydroxylation is 1. The molecule has 2 saturated heterocycles. The van der Waals surface area contributed by atoms with E-state index in [4.69, 9.17) is 9.97 Å². The van der Waals surface area contributed by atoms with Gasteiger partial charge in [0, 0.05) is 29.4 Å². The highest BCUT2D eigenvalue weighted by Crippen LogP contribution is 2.38. The summed E-state index contributed by atoms with van der Waals surface area (Å²) in [5.74, 6) is 0.378. The molecule has 1 aromatic heterocycles. The van der Waals surface area contributed by atoms with Crippen molar-refractivity contribution >= 4 is 15.8 Å². The maximum atomic E-state index is 11.6. The van der Waals surface area contributed by atoms with Crippen LogP contribution in [0.3, 0.4) is 0 Å². The van der Waals surface area contributed by atoms with Gasteiger partial charge in [0.2, 0.25) is 5.95 Å². The fourth-order valence-corrected chi connectivity index (χ4v) is 6.11. The Hall–Kier alpha value is -1.99. The van der Waals surface area contributed by atoms with Crippen LogP contribution in [0.2, 0.25) is 0 Å². The van der Waals surface area contributed by atoms with Gasteiger partial charge in [-0.25, -0.2) is 18.4 Å². The molecule has 3 aliphatic rings. The van der Waals surface area contributed by atoms with Crippen molar-refractivity contribution in [1.29, 1.82) is 0 Å². The number of aliphatic hydroxyl groups is 1. The van der Waals surface area contributed by atoms with E-state index < -0.39 is 15.4 Å². The zero-order chi connectivity index (χ0) is 18.8. The second-order valence-corrected chi connectivity index (χ2v) is 10.2. The van der Waals surface area contributed by atoms with Crippen molar-refractivity contribution in [3.63, 3.8) is 0 Å². The molecule has 142 valence electrons. The van der Waals surface area contributed by atoms with E-state index in [1.807, 2.05) is 18.2 Å². The van der Waals surface area contributed by atoms with E-state index in [0.29, 0.717) is 11.6 Å². The lowest BCUT2D eigenvalue weighted by atomic mass is 9.93. The summed E-state index contributed by atoms with van der Waals surface area (Å²) in [6.07, 6.45) is 4.18. The molecule has 0 unspecified atom stereocenters. The van der Waals surface area contributed by atoms with Gasteiger partial charge < -0.3 is 10.0 Å². The van der Waals surface area contributed by atoms with Gasteiger partial charge in [0.25, 0.3) is 0 Å². The Labute approximate surface area is 159 Å². The summed E-state index contributed by atoms with van der Waals surface area (Å²) in [7, 11) is -3.13. The third kappa shape index (κ3) is 2.75. The van der Waals surface area contributed by atoms with E-state index in [2.05, 4.69) is 11.8 Å². The predicted octanol–water partition coefficient (Wildman–Crippen LogP) is 1.85. The zero-order valence-corrected chi connectivity index (χ0v) is 16.2. The van der Waals surface area contributed by atoms with Crippen molar-refractivity contribution in [3.05, 3.63) is 41.1 Å². The number of sulfone groups is 1. The predicted molar refractivity (Wildman–Crippen MR) is 103 cm³/mol. The van der Waals surface area contributed by atoms with E-state index >= 15 is 0 Å². The summed E-state index contributed by atoms with van der Waals surface area (Å²) >= 11 is 0. The molecule has 0 amide bonds. The first kappa shape index (κ1) is 17.1. The zero-order valence-electron chi connectivity index (χ0n) is 15.4. The van der Waals surface area contributed by atoms with Crippen molar-refractivity contribution in [1.82, 2.24) is 9.97 Å². The molecule has 27 heavy (non-hydrogen) atoms. The average Bonchev–Trinajstić information content (AvgIpc) is 3.06. The fraction of sp³-hybridized carbons (Fsp3) is 0.500. The second kappa shape index (κ2) is 5.75. The summed E-state index contributed by atoms with van der Waals surface area (Å²) < 4.78 is 23.2. The number of anilines is 1. The highest BCUT2D eigenvalue weighted by molar-refractivity contribution is 7.92. The van der Waals surface area contributed by atoms with Crippen LogP contribution in [0.4, 0.5) is 5.95 Å². The Morgan fingerprint density at radius 3 is 2.70 bits per heavy atom. The Kier molecular flexibility index (Phi) is 3.65. The van der Waals surface area contributed by atoms with Crippen LogP contribution in [0.25, 0.3) is 11.3 Å². The number of benzene rings is 1. The molecule has 1 atom stereocenters. The third-order valence-corrected chi connectivity index (χ3v) is 7.92. The molecule has 0 spiro atoms. The first-order valence-electron chi connectivity index (χ1n) is 9.55. The van der Waals surface area contributed by atoms with Crippen molar-refractivity contribution in [2.24, 2.45) is 0 Å². The molecular formula is C20H23N3O3S. The van der Waals surface area contributed by atoms with Crippen molar-refractivity contribution in [3.8, 4) is 11.3 Å². The largest absolute Gasteiger partial charge is 0.383 e. The SMILES string of the molecule is C[C@H]1CCN1c1nc2c(c(-c3cccc(C4(O)CS(=O)(=O)C4)c3)n1)CCC2. The maximum absolute atomic E-state index is 11.6. The Morgan fingerprint density at radius 1 is 1.22 bits per heavy atom. The molecule has 2 aromatic rings. The Morgan fingerprint density at radius 2 is 2.04 bits per heavy atom. The molecule has 6 nitrogen and oxygen atoms in total. The van der Waals surface area contributed by atoms with E-state index in [1.165, 1.54) is 5.56 Å². The Bertz CT molecular complexity index is 1020. The van der Waals surface area contributed by atoms with Gasteiger partial charge in [-0.15, -0.1) is 0 Å². The van der Waals surface area contributed by atoms with Crippen LogP contribution in [0, 0.1) is 0 Å². The van der Waals surface area contributed by atoms with Gasteiger partial charge in [0.1, 0.15) is 5.60 Å². The molecule has 1 aromatic carbocycles. The topological polar surface area (TPSA) is 83.4 Å². The molecule has 5 rings (SSSR count). The molecule has 1 N–H and O–H groups in total. The van der Waals surface area contributed by atoms with Gasteiger partial charge in [-0.3, -0.25) is 0 Å². The van der Waals surface area contributed by atoms with Crippen LogP contribution in [-0.4, -0.2) is 47.6 Å². The molecule has 0 bridgehead atoms. The molecule has 1 aliphatic carbocycles. The van der Waals surface area contributed by atoms with Crippen LogP contribution in [0.5, 0.6) is 0 Å². The van der Waals surface area contributed by atoms with E-state index in [0.717, 1.165) is 55.1 Å². The van der Waals surface area contributed by atoms with Gasteiger partial charge in [-0.05, 0) is 44.2 Å². The summed E-state index contributed by atoms with van der Waals surface area (Å²) in [4.78, 5) is 11.9. The number of nitrogens with zero attached hydrogens (tertiary/aromatic N) is 3. The highest BCUT2D eigenvalue weighted by atomic mass is 32.2. The summed E-state index contributed by atoms with van der Waals surface area (Å²) in [6.45, 7) is 3.17. The van der Waals surface area contributed by atoms with E-state index in [9.17, 15) is 13.5 Å². The molecule has 3 heterocycles. The van der Waals surface area contributed by atoms with Crippen LogP contribution in [0.1, 0.15) is 36.6 Å². The van der Waals surface area contributed by atoms with Gasteiger partial charge >= 0.3 is 0 Å². The molecular weight excluding hydrogens is 362 g/mol. The average molecular weight is 385 g/mol. The number of aromatic nitrogens is 2. The lowest BCUT2D eigenvalue weighted by Gasteiger charge is -2.39. The molecule has 2 fully saturated rings. The van der Waals surface area contributed by atoms with E-state index in [-0.39, 0.29) is 11.5 Å². The minimum Gasteiger partial charge on any atom is -0.383 e. The summed E-state index contributed by atoms with van der Waals surface area (Å²) in [5, 5.41) is 10.7. The van der Waals surface area contributed by atoms with Gasteiger partial charge in [-0.2, -0.15) is 0 Å². The lowest BCUT2D eigenvalue weighted by Crippen LogP contribution is -2.52. The summed E-state index contributed by atoms with van der Waals surface area (Å²) in [6, 6.07) is 8.04. The maximum Gasteiger partial charge on any atom is 0.226 e. The second-order valence-electron chi connectivity index (χ2n) is 8.13. The summed E-state index contributed by atoms with van der Waals surface area (Å²) in [5.41, 5.74) is 3.56. The van der Waals surface area contributed by atoms with E-state index in [1.54, 1.807) is 6.07 Å². The van der Waals surface area contributed by atoms with Crippen LogP contribution < -0.4 is 4.90 Å². The minimum absolute atomic E-state index is 0.206. The molecule has 0 radical (unpaired) electrons. The Balaban J connectivity index is 1.58. The number of fused-ring (bicyclic) bond motifs is 1. The van der Waals surface area contributed by atoms with Gasteiger partial charge in [0.05, 0.1) is 17.2 Å². The van der Waals surface area contributed by atoms with Crippen molar-refractivity contribution < 1.29 is 13.5 Å². The number of hydrogen-bond donors (Lipinski definition) is 1. The van der Waals surface area contributed by atoms with Crippen LogP contribution in [0.15, 0.2) is 24.3 Å². The van der Waals surface area contributed by atoms with Crippen molar-refractivity contribution in [2.45, 2.75) is 44.2 Å². The molecule has 2 aliphatic heterocycles. The van der Waals surface area contributed by atoms with Crippen molar-refractivity contribution in [2.75, 3.05) is 23.0 Å². The lowest BCUT2D eigenvalue weighted by molar-refractivity contribution is 0.0691. The highest BCUT2D eigenvalue weighted by Gasteiger charge is 2.48. The smallest absolute Gasteiger partial charge is 0.226 e. The standard InChI is InChI=1S/C20H23N3O3S/c1-13-8-9-23(13)19-21-17-7-3-6-16(17)18(22-19)14-4-2-5-15(10-14)20(24)11-27(25,26)12-20/h2,4-5,10,13,24H,3,6-9,11-12H2,1H3/t13-/m0/s1. The first-order valence-corrected chi connectivity index (χ1v) is 11.4.